The Hall–Kier alpha value is -2.70. The smallest absolute Gasteiger partial charge is 0.270 e. The van der Waals surface area contributed by atoms with Crippen LogP contribution in [0.4, 0.5) is 5.69 Å². The van der Waals surface area contributed by atoms with Gasteiger partial charge in [0.25, 0.3) is 5.69 Å². The Labute approximate surface area is 109 Å². The quantitative estimate of drug-likeness (QED) is 0.618. The van der Waals surface area contributed by atoms with Crippen LogP contribution in [0.2, 0.25) is 0 Å². The lowest BCUT2D eigenvalue weighted by atomic mass is 10.2. The summed E-state index contributed by atoms with van der Waals surface area (Å²) in [4.78, 5) is 18.5. The first-order valence-corrected chi connectivity index (χ1v) is 5.36. The summed E-state index contributed by atoms with van der Waals surface area (Å²) >= 11 is 0. The third-order valence-corrected chi connectivity index (χ3v) is 2.41. The maximum absolute atomic E-state index is 10.7. The highest BCUT2D eigenvalue weighted by Gasteiger charge is 2.11. The fourth-order valence-corrected chi connectivity index (χ4v) is 1.50. The second-order valence-corrected chi connectivity index (χ2v) is 3.58. The Morgan fingerprint density at radius 3 is 2.26 bits per heavy atom. The van der Waals surface area contributed by atoms with Crippen LogP contribution in [-0.4, -0.2) is 29.1 Å². The summed E-state index contributed by atoms with van der Waals surface area (Å²) in [5.41, 5.74) is 0.495. The van der Waals surface area contributed by atoms with Crippen LogP contribution in [0.1, 0.15) is 0 Å². The minimum atomic E-state index is -0.471. The van der Waals surface area contributed by atoms with Gasteiger partial charge in [0.15, 0.2) is 5.82 Å². The standard InChI is InChI=1S/C12H11N3O4/c1-18-10-7-11(19-2)14-12(13-10)8-4-3-5-9(6-8)15(16)17/h3-7H,1-2H3. The highest BCUT2D eigenvalue weighted by Crippen LogP contribution is 2.25. The molecule has 2 aromatic rings. The Morgan fingerprint density at radius 1 is 1.11 bits per heavy atom. The Kier molecular flexibility index (Phi) is 3.56. The van der Waals surface area contributed by atoms with E-state index in [0.29, 0.717) is 23.1 Å². The molecule has 19 heavy (non-hydrogen) atoms. The van der Waals surface area contributed by atoms with Crippen molar-refractivity contribution in [2.75, 3.05) is 14.2 Å². The van der Waals surface area contributed by atoms with Gasteiger partial charge < -0.3 is 9.47 Å². The van der Waals surface area contributed by atoms with E-state index in [-0.39, 0.29) is 5.69 Å². The van der Waals surface area contributed by atoms with E-state index in [1.807, 2.05) is 0 Å². The third kappa shape index (κ3) is 2.76. The van der Waals surface area contributed by atoms with Crippen LogP contribution in [-0.2, 0) is 0 Å². The molecule has 0 spiro atoms. The molecule has 0 saturated heterocycles. The Bertz CT molecular complexity index is 593. The van der Waals surface area contributed by atoms with E-state index in [9.17, 15) is 10.1 Å². The first-order chi connectivity index (χ1) is 9.13. The maximum atomic E-state index is 10.7. The summed E-state index contributed by atoms with van der Waals surface area (Å²) in [6, 6.07) is 7.58. The molecule has 0 N–H and O–H groups in total. The molecule has 1 heterocycles. The highest BCUT2D eigenvalue weighted by molar-refractivity contribution is 5.60. The summed E-state index contributed by atoms with van der Waals surface area (Å²) in [5, 5.41) is 10.7. The molecule has 0 saturated carbocycles. The molecular weight excluding hydrogens is 250 g/mol. The number of benzene rings is 1. The second kappa shape index (κ2) is 5.30. The topological polar surface area (TPSA) is 87.4 Å². The van der Waals surface area contributed by atoms with E-state index in [4.69, 9.17) is 9.47 Å². The van der Waals surface area contributed by atoms with Crippen LogP contribution < -0.4 is 9.47 Å². The molecule has 1 aromatic heterocycles. The normalized spacial score (nSPS) is 10.0. The number of rotatable bonds is 4. The highest BCUT2D eigenvalue weighted by atomic mass is 16.6. The average molecular weight is 261 g/mol. The first-order valence-electron chi connectivity index (χ1n) is 5.36. The van der Waals surface area contributed by atoms with Crippen molar-refractivity contribution in [3.05, 3.63) is 40.4 Å². The summed E-state index contributed by atoms with van der Waals surface area (Å²) in [5.74, 6) is 0.960. The summed E-state index contributed by atoms with van der Waals surface area (Å²) in [7, 11) is 2.94. The lowest BCUT2D eigenvalue weighted by molar-refractivity contribution is -0.384. The minimum Gasteiger partial charge on any atom is -0.481 e. The van der Waals surface area contributed by atoms with Crippen LogP contribution in [0.3, 0.4) is 0 Å². The van der Waals surface area contributed by atoms with Gasteiger partial charge in [-0.1, -0.05) is 12.1 Å². The van der Waals surface area contributed by atoms with Crippen molar-refractivity contribution >= 4 is 5.69 Å². The molecule has 0 aliphatic rings. The van der Waals surface area contributed by atoms with Crippen molar-refractivity contribution in [1.29, 1.82) is 0 Å². The van der Waals surface area contributed by atoms with Gasteiger partial charge in [0, 0.05) is 17.7 Å². The largest absolute Gasteiger partial charge is 0.481 e. The number of hydrogen-bond acceptors (Lipinski definition) is 6. The van der Waals surface area contributed by atoms with E-state index in [0.717, 1.165) is 0 Å². The van der Waals surface area contributed by atoms with Crippen LogP contribution in [0.5, 0.6) is 11.8 Å². The molecule has 0 aliphatic heterocycles. The predicted octanol–water partition coefficient (Wildman–Crippen LogP) is 2.07. The summed E-state index contributed by atoms with van der Waals surface area (Å²) < 4.78 is 10.1. The molecule has 7 heteroatoms. The van der Waals surface area contributed by atoms with Crippen molar-refractivity contribution in [2.45, 2.75) is 0 Å². The van der Waals surface area contributed by atoms with Gasteiger partial charge in [0.1, 0.15) is 0 Å². The van der Waals surface area contributed by atoms with E-state index >= 15 is 0 Å². The van der Waals surface area contributed by atoms with Gasteiger partial charge in [-0.25, -0.2) is 0 Å². The molecule has 1 aromatic carbocycles. The fraction of sp³-hybridized carbons (Fsp3) is 0.167. The van der Waals surface area contributed by atoms with Crippen molar-refractivity contribution in [1.82, 2.24) is 9.97 Å². The van der Waals surface area contributed by atoms with Crippen LogP contribution in [0, 0.1) is 10.1 Å². The molecule has 7 nitrogen and oxygen atoms in total. The van der Waals surface area contributed by atoms with Gasteiger partial charge in [-0.2, -0.15) is 9.97 Å². The lowest BCUT2D eigenvalue weighted by Gasteiger charge is -2.06. The molecular formula is C12H11N3O4. The molecule has 0 unspecified atom stereocenters. The van der Waals surface area contributed by atoms with E-state index in [1.54, 1.807) is 12.1 Å². The number of nitro groups is 1. The minimum absolute atomic E-state index is 0.0251. The number of hydrogen-bond donors (Lipinski definition) is 0. The number of aromatic nitrogens is 2. The molecule has 2 rings (SSSR count). The van der Waals surface area contributed by atoms with Crippen LogP contribution >= 0.6 is 0 Å². The zero-order valence-corrected chi connectivity index (χ0v) is 10.4. The van der Waals surface area contributed by atoms with Crippen molar-refractivity contribution in [3.63, 3.8) is 0 Å². The second-order valence-electron chi connectivity index (χ2n) is 3.58. The number of methoxy groups -OCH3 is 2. The average Bonchev–Trinajstić information content (AvgIpc) is 2.46. The Balaban J connectivity index is 2.51. The van der Waals surface area contributed by atoms with Gasteiger partial charge in [-0.3, -0.25) is 10.1 Å². The SMILES string of the molecule is COc1cc(OC)nc(-c2cccc([N+](=O)[O-])c2)n1. The molecule has 0 aliphatic carbocycles. The predicted molar refractivity (Wildman–Crippen MR) is 67.2 cm³/mol. The van der Waals surface area contributed by atoms with Gasteiger partial charge >= 0.3 is 0 Å². The fourth-order valence-electron chi connectivity index (χ4n) is 1.50. The van der Waals surface area contributed by atoms with Crippen LogP contribution in [0.25, 0.3) is 11.4 Å². The molecule has 0 amide bonds. The number of ether oxygens (including phenoxy) is 2. The van der Waals surface area contributed by atoms with Gasteiger partial charge in [-0.15, -0.1) is 0 Å². The Morgan fingerprint density at radius 2 is 1.74 bits per heavy atom. The molecule has 0 bridgehead atoms. The molecule has 0 fully saturated rings. The summed E-state index contributed by atoms with van der Waals surface area (Å²) in [6.07, 6.45) is 0. The number of non-ortho nitro benzene ring substituents is 1. The monoisotopic (exact) mass is 261 g/mol. The third-order valence-electron chi connectivity index (χ3n) is 2.41. The van der Waals surface area contributed by atoms with Gasteiger partial charge in [0.2, 0.25) is 11.8 Å². The zero-order valence-electron chi connectivity index (χ0n) is 10.4. The van der Waals surface area contributed by atoms with E-state index in [1.165, 1.54) is 32.4 Å². The maximum Gasteiger partial charge on any atom is 0.270 e. The van der Waals surface area contributed by atoms with Gasteiger partial charge in [0.05, 0.1) is 25.2 Å². The van der Waals surface area contributed by atoms with E-state index < -0.39 is 4.92 Å². The van der Waals surface area contributed by atoms with E-state index in [2.05, 4.69) is 9.97 Å². The first kappa shape index (κ1) is 12.7. The van der Waals surface area contributed by atoms with Crippen molar-refractivity contribution in [3.8, 4) is 23.1 Å². The van der Waals surface area contributed by atoms with Crippen LogP contribution in [0.15, 0.2) is 30.3 Å². The molecule has 0 radical (unpaired) electrons. The number of nitro benzene ring substituents is 1. The van der Waals surface area contributed by atoms with Crippen molar-refractivity contribution < 1.29 is 14.4 Å². The van der Waals surface area contributed by atoms with Gasteiger partial charge in [-0.05, 0) is 0 Å². The van der Waals surface area contributed by atoms with Crippen molar-refractivity contribution in [2.24, 2.45) is 0 Å². The number of nitrogens with zero attached hydrogens (tertiary/aromatic N) is 3. The molecule has 98 valence electrons. The lowest BCUT2D eigenvalue weighted by Crippen LogP contribution is -1.97. The molecule has 0 atom stereocenters. The summed E-state index contributed by atoms with van der Waals surface area (Å²) in [6.45, 7) is 0. The zero-order chi connectivity index (χ0) is 13.8.